The van der Waals surface area contributed by atoms with Gasteiger partial charge in [0.15, 0.2) is 0 Å². The van der Waals surface area contributed by atoms with Crippen molar-refractivity contribution in [3.63, 3.8) is 0 Å². The van der Waals surface area contributed by atoms with Gasteiger partial charge < -0.3 is 5.32 Å². The average Bonchev–Trinajstić information content (AvgIpc) is 2.89. The van der Waals surface area contributed by atoms with Crippen LogP contribution in [0.1, 0.15) is 25.3 Å². The van der Waals surface area contributed by atoms with E-state index in [0.29, 0.717) is 6.04 Å². The van der Waals surface area contributed by atoms with Crippen LogP contribution in [0, 0.1) is 0 Å². The number of hydrogen-bond acceptors (Lipinski definition) is 2. The molecule has 1 heterocycles. The van der Waals surface area contributed by atoms with Crippen molar-refractivity contribution < 1.29 is 4.79 Å². The Balaban J connectivity index is 1.97. The molecule has 1 fully saturated rings. The molecule has 3 nitrogen and oxygen atoms in total. The summed E-state index contributed by atoms with van der Waals surface area (Å²) >= 11 is 0. The molecule has 1 aliphatic heterocycles. The van der Waals surface area contributed by atoms with Crippen LogP contribution in [0.2, 0.25) is 0 Å². The summed E-state index contributed by atoms with van der Waals surface area (Å²) in [7, 11) is 0. The fraction of sp³-hybridized carbons (Fsp3) is 0.533. The zero-order chi connectivity index (χ0) is 12.8. The van der Waals surface area contributed by atoms with Gasteiger partial charge in [-0.3, -0.25) is 9.69 Å². The van der Waals surface area contributed by atoms with Crippen molar-refractivity contribution in [3.8, 4) is 0 Å². The fourth-order valence-electron chi connectivity index (χ4n) is 2.58. The second-order valence-electron chi connectivity index (χ2n) is 5.02. The lowest BCUT2D eigenvalue weighted by Gasteiger charge is -2.27. The maximum atomic E-state index is 11.1. The molecule has 0 bridgehead atoms. The Bertz CT molecular complexity index is 371. The second kappa shape index (κ2) is 6.55. The highest BCUT2D eigenvalue weighted by Gasteiger charge is 2.22. The monoisotopic (exact) mass is 246 g/mol. The molecule has 1 atom stereocenters. The summed E-state index contributed by atoms with van der Waals surface area (Å²) in [6, 6.07) is 11.0. The Hall–Kier alpha value is -1.35. The fourth-order valence-corrected chi connectivity index (χ4v) is 2.58. The molecule has 1 aromatic rings. The topological polar surface area (TPSA) is 32.3 Å². The van der Waals surface area contributed by atoms with Crippen LogP contribution in [0.4, 0.5) is 0 Å². The normalized spacial score (nSPS) is 17.6. The first-order chi connectivity index (χ1) is 8.75. The van der Waals surface area contributed by atoms with Crippen molar-refractivity contribution in [1.82, 2.24) is 10.2 Å². The lowest BCUT2D eigenvalue weighted by atomic mass is 10.0. The molecule has 3 heteroatoms. The Labute approximate surface area is 109 Å². The first kappa shape index (κ1) is 13.1. The molecule has 0 spiro atoms. The number of nitrogens with one attached hydrogen (secondary N) is 1. The van der Waals surface area contributed by atoms with Crippen LogP contribution in [-0.2, 0) is 11.2 Å². The van der Waals surface area contributed by atoms with Crippen LogP contribution < -0.4 is 5.32 Å². The largest absolute Gasteiger partial charge is 0.355 e. The van der Waals surface area contributed by atoms with Crippen molar-refractivity contribution in [2.45, 2.75) is 32.2 Å². The van der Waals surface area contributed by atoms with E-state index >= 15 is 0 Å². The molecule has 0 aliphatic carbocycles. The van der Waals surface area contributed by atoms with E-state index in [0.717, 1.165) is 26.1 Å². The standard InChI is InChI=1S/C15H22N2O/c1-13(18)16-12-15(17-9-5-6-10-17)11-14-7-3-2-4-8-14/h2-4,7-8,15H,5-6,9-12H2,1H3,(H,16,18). The van der Waals surface area contributed by atoms with Crippen LogP contribution in [0.25, 0.3) is 0 Å². The number of carbonyl (C=O) groups excluding carboxylic acids is 1. The molecule has 1 unspecified atom stereocenters. The van der Waals surface area contributed by atoms with E-state index in [-0.39, 0.29) is 5.91 Å². The SMILES string of the molecule is CC(=O)NCC(Cc1ccccc1)N1CCCC1. The molecule has 0 saturated carbocycles. The summed E-state index contributed by atoms with van der Waals surface area (Å²) < 4.78 is 0. The summed E-state index contributed by atoms with van der Waals surface area (Å²) in [5.74, 6) is 0.0623. The quantitative estimate of drug-likeness (QED) is 0.859. The molecule has 1 aromatic carbocycles. The van der Waals surface area contributed by atoms with E-state index in [1.807, 2.05) is 6.07 Å². The zero-order valence-electron chi connectivity index (χ0n) is 11.1. The highest BCUT2D eigenvalue weighted by molar-refractivity contribution is 5.72. The second-order valence-corrected chi connectivity index (χ2v) is 5.02. The summed E-state index contributed by atoms with van der Waals surface area (Å²) in [4.78, 5) is 13.6. The van der Waals surface area contributed by atoms with Gasteiger partial charge >= 0.3 is 0 Å². The molecular weight excluding hydrogens is 224 g/mol. The van der Waals surface area contributed by atoms with Gasteiger partial charge in [0.1, 0.15) is 0 Å². The van der Waals surface area contributed by atoms with Gasteiger partial charge in [-0.1, -0.05) is 30.3 Å². The minimum atomic E-state index is 0.0623. The number of rotatable bonds is 5. The maximum Gasteiger partial charge on any atom is 0.216 e. The van der Waals surface area contributed by atoms with Crippen LogP contribution in [0.5, 0.6) is 0 Å². The summed E-state index contributed by atoms with van der Waals surface area (Å²) in [5, 5.41) is 2.96. The van der Waals surface area contributed by atoms with Crippen molar-refractivity contribution in [2.75, 3.05) is 19.6 Å². The van der Waals surface area contributed by atoms with Crippen molar-refractivity contribution in [1.29, 1.82) is 0 Å². The Kier molecular flexibility index (Phi) is 4.76. The minimum absolute atomic E-state index is 0.0623. The Morgan fingerprint density at radius 3 is 2.56 bits per heavy atom. The van der Waals surface area contributed by atoms with Gasteiger partial charge in [0, 0.05) is 19.5 Å². The third kappa shape index (κ3) is 3.84. The molecular formula is C15H22N2O. The molecule has 98 valence electrons. The number of carbonyl (C=O) groups is 1. The summed E-state index contributed by atoms with van der Waals surface area (Å²) in [5.41, 5.74) is 1.35. The predicted molar refractivity (Wildman–Crippen MR) is 73.4 cm³/mol. The van der Waals surface area contributed by atoms with E-state index in [1.165, 1.54) is 18.4 Å². The van der Waals surface area contributed by atoms with Gasteiger partial charge in [-0.05, 0) is 37.9 Å². The first-order valence-corrected chi connectivity index (χ1v) is 6.78. The number of hydrogen-bond donors (Lipinski definition) is 1. The van der Waals surface area contributed by atoms with Crippen molar-refractivity contribution >= 4 is 5.91 Å². The molecule has 1 N–H and O–H groups in total. The summed E-state index contributed by atoms with van der Waals surface area (Å²) in [6.07, 6.45) is 3.58. The number of nitrogens with zero attached hydrogens (tertiary/aromatic N) is 1. The lowest BCUT2D eigenvalue weighted by molar-refractivity contribution is -0.119. The van der Waals surface area contributed by atoms with Gasteiger partial charge in [-0.2, -0.15) is 0 Å². The smallest absolute Gasteiger partial charge is 0.216 e. The zero-order valence-corrected chi connectivity index (χ0v) is 11.1. The van der Waals surface area contributed by atoms with Crippen molar-refractivity contribution in [2.24, 2.45) is 0 Å². The molecule has 1 amide bonds. The van der Waals surface area contributed by atoms with E-state index in [9.17, 15) is 4.79 Å². The van der Waals surface area contributed by atoms with Gasteiger partial charge in [0.2, 0.25) is 5.91 Å². The van der Waals surface area contributed by atoms with E-state index in [4.69, 9.17) is 0 Å². The summed E-state index contributed by atoms with van der Waals surface area (Å²) in [6.45, 7) is 4.67. The average molecular weight is 246 g/mol. The van der Waals surface area contributed by atoms with Crippen LogP contribution in [0.15, 0.2) is 30.3 Å². The maximum absolute atomic E-state index is 11.1. The Morgan fingerprint density at radius 2 is 1.94 bits per heavy atom. The van der Waals surface area contributed by atoms with E-state index in [2.05, 4.69) is 34.5 Å². The van der Waals surface area contributed by atoms with Gasteiger partial charge in [-0.25, -0.2) is 0 Å². The highest BCUT2D eigenvalue weighted by Crippen LogP contribution is 2.15. The third-order valence-corrected chi connectivity index (χ3v) is 3.56. The van der Waals surface area contributed by atoms with Gasteiger partial charge in [0.05, 0.1) is 0 Å². The molecule has 0 radical (unpaired) electrons. The molecule has 1 saturated heterocycles. The number of likely N-dealkylation sites (tertiary alicyclic amines) is 1. The molecule has 2 rings (SSSR count). The van der Waals surface area contributed by atoms with Crippen LogP contribution >= 0.6 is 0 Å². The predicted octanol–water partition coefficient (Wildman–Crippen LogP) is 1.83. The van der Waals surface area contributed by atoms with E-state index < -0.39 is 0 Å². The van der Waals surface area contributed by atoms with Gasteiger partial charge in [-0.15, -0.1) is 0 Å². The van der Waals surface area contributed by atoms with Crippen molar-refractivity contribution in [3.05, 3.63) is 35.9 Å². The molecule has 1 aliphatic rings. The molecule has 18 heavy (non-hydrogen) atoms. The first-order valence-electron chi connectivity index (χ1n) is 6.78. The number of benzene rings is 1. The van der Waals surface area contributed by atoms with Crippen LogP contribution in [0.3, 0.4) is 0 Å². The third-order valence-electron chi connectivity index (χ3n) is 3.56. The van der Waals surface area contributed by atoms with E-state index in [1.54, 1.807) is 6.92 Å². The minimum Gasteiger partial charge on any atom is -0.355 e. The lowest BCUT2D eigenvalue weighted by Crippen LogP contribution is -2.43. The highest BCUT2D eigenvalue weighted by atomic mass is 16.1. The number of amides is 1. The molecule has 0 aromatic heterocycles. The van der Waals surface area contributed by atoms with Gasteiger partial charge in [0.25, 0.3) is 0 Å². The van der Waals surface area contributed by atoms with Crippen LogP contribution in [-0.4, -0.2) is 36.5 Å². The Morgan fingerprint density at radius 1 is 1.28 bits per heavy atom.